The van der Waals surface area contributed by atoms with Crippen molar-refractivity contribution in [2.75, 3.05) is 16.0 Å². The molecule has 0 fully saturated rings. The topological polar surface area (TPSA) is 92.4 Å². The molecule has 8 heteroatoms. The average Bonchev–Trinajstić information content (AvgIpc) is 2.58. The number of carbonyl (C=O) groups excluding carboxylic acids is 2. The minimum atomic E-state index is -0.525. The Morgan fingerprint density at radius 2 is 2.16 bits per heavy atom. The fourth-order valence-corrected chi connectivity index (χ4v) is 2.41. The Bertz CT molecular complexity index is 810. The van der Waals surface area contributed by atoms with Crippen LogP contribution in [-0.2, 0) is 9.59 Å². The Labute approximate surface area is 149 Å². The van der Waals surface area contributed by atoms with E-state index in [2.05, 4.69) is 20.9 Å². The largest absolute Gasteiger partial charge is 0.479 e. The number of halogens is 1. The summed E-state index contributed by atoms with van der Waals surface area (Å²) in [6.07, 6.45) is 0.936. The first kappa shape index (κ1) is 17.0. The number of benzene rings is 1. The van der Waals surface area contributed by atoms with E-state index in [9.17, 15) is 9.59 Å². The third kappa shape index (κ3) is 4.00. The third-order valence-electron chi connectivity index (χ3n) is 3.67. The first-order chi connectivity index (χ1) is 11.9. The van der Waals surface area contributed by atoms with Gasteiger partial charge in [0.15, 0.2) is 6.10 Å². The minimum Gasteiger partial charge on any atom is -0.479 e. The zero-order valence-electron chi connectivity index (χ0n) is 13.7. The first-order valence-corrected chi connectivity index (χ1v) is 8.10. The molecule has 0 bridgehead atoms. The second-order valence-corrected chi connectivity index (χ2v) is 6.11. The predicted octanol–water partition coefficient (Wildman–Crippen LogP) is 2.89. The highest BCUT2D eigenvalue weighted by Gasteiger charge is 2.24. The third-order valence-corrected chi connectivity index (χ3v) is 3.89. The number of anilines is 3. The molecule has 0 saturated carbocycles. The van der Waals surface area contributed by atoms with Gasteiger partial charge in [0, 0.05) is 11.9 Å². The monoisotopic (exact) mass is 360 g/mol. The van der Waals surface area contributed by atoms with Gasteiger partial charge in [-0.15, -0.1) is 0 Å². The number of carbonyl (C=O) groups is 2. The molecule has 3 N–H and O–H groups in total. The number of fused-ring (bicyclic) bond motifs is 1. The van der Waals surface area contributed by atoms with Crippen molar-refractivity contribution in [2.45, 2.75) is 26.0 Å². The maximum Gasteiger partial charge on any atom is 0.265 e. The lowest BCUT2D eigenvalue weighted by atomic mass is 10.2. The summed E-state index contributed by atoms with van der Waals surface area (Å²) in [5.74, 6) is 0.564. The Balaban J connectivity index is 1.65. The molecule has 25 heavy (non-hydrogen) atoms. The highest BCUT2D eigenvalue weighted by molar-refractivity contribution is 6.30. The molecule has 3 rings (SSSR count). The van der Waals surface area contributed by atoms with Crippen LogP contribution in [0, 0.1) is 0 Å². The van der Waals surface area contributed by atoms with Gasteiger partial charge >= 0.3 is 0 Å². The molecule has 130 valence electrons. The van der Waals surface area contributed by atoms with Crippen molar-refractivity contribution < 1.29 is 14.3 Å². The minimum absolute atomic E-state index is 0.204. The summed E-state index contributed by atoms with van der Waals surface area (Å²) in [4.78, 5) is 28.0. The van der Waals surface area contributed by atoms with Crippen LogP contribution >= 0.6 is 11.6 Å². The van der Waals surface area contributed by atoms with Crippen LogP contribution < -0.4 is 20.7 Å². The van der Waals surface area contributed by atoms with E-state index < -0.39 is 12.1 Å². The molecule has 1 aliphatic heterocycles. The van der Waals surface area contributed by atoms with Gasteiger partial charge in [0.25, 0.3) is 5.91 Å². The van der Waals surface area contributed by atoms with Crippen LogP contribution in [-0.4, -0.2) is 28.9 Å². The SMILES string of the molecule is CC(Nc1ccc2c(c1)NC(=O)C(C)O2)C(=O)Nc1ccc(Cl)cn1. The number of nitrogens with one attached hydrogen (secondary N) is 3. The molecular formula is C17H17ClN4O3. The van der Waals surface area contributed by atoms with Crippen molar-refractivity contribution in [1.82, 2.24) is 4.98 Å². The van der Waals surface area contributed by atoms with Gasteiger partial charge in [-0.05, 0) is 44.2 Å². The second-order valence-electron chi connectivity index (χ2n) is 5.68. The Hall–Kier alpha value is -2.80. The molecule has 2 atom stereocenters. The summed E-state index contributed by atoms with van der Waals surface area (Å²) in [5.41, 5.74) is 1.25. The number of ether oxygens (including phenoxy) is 1. The number of hydrogen-bond acceptors (Lipinski definition) is 5. The van der Waals surface area contributed by atoms with E-state index >= 15 is 0 Å². The van der Waals surface area contributed by atoms with E-state index in [4.69, 9.17) is 16.3 Å². The zero-order valence-corrected chi connectivity index (χ0v) is 14.4. The Kier molecular flexibility index (Phi) is 4.76. The molecular weight excluding hydrogens is 344 g/mol. The van der Waals surface area contributed by atoms with Gasteiger partial charge in [-0.1, -0.05) is 11.6 Å². The fraction of sp³-hybridized carbons (Fsp3) is 0.235. The molecule has 0 aliphatic carbocycles. The molecule has 0 saturated heterocycles. The highest BCUT2D eigenvalue weighted by Crippen LogP contribution is 2.32. The van der Waals surface area contributed by atoms with Gasteiger partial charge in [0.05, 0.1) is 10.7 Å². The summed E-state index contributed by atoms with van der Waals surface area (Å²) in [6.45, 7) is 3.41. The summed E-state index contributed by atoms with van der Waals surface area (Å²) < 4.78 is 5.50. The lowest BCUT2D eigenvalue weighted by molar-refractivity contribution is -0.122. The molecule has 2 heterocycles. The van der Waals surface area contributed by atoms with E-state index in [1.165, 1.54) is 6.20 Å². The van der Waals surface area contributed by atoms with Crippen LogP contribution in [0.25, 0.3) is 0 Å². The van der Waals surface area contributed by atoms with Gasteiger partial charge in [-0.2, -0.15) is 0 Å². The van der Waals surface area contributed by atoms with Crippen molar-refractivity contribution in [3.8, 4) is 5.75 Å². The molecule has 0 spiro atoms. The van der Waals surface area contributed by atoms with Crippen molar-refractivity contribution in [1.29, 1.82) is 0 Å². The van der Waals surface area contributed by atoms with Crippen LogP contribution in [0.4, 0.5) is 17.2 Å². The molecule has 1 aliphatic rings. The normalized spacial score (nSPS) is 16.9. The maximum absolute atomic E-state index is 12.2. The second kappa shape index (κ2) is 6.98. The highest BCUT2D eigenvalue weighted by atomic mass is 35.5. The Morgan fingerprint density at radius 3 is 2.88 bits per heavy atom. The smallest absolute Gasteiger partial charge is 0.265 e. The summed E-state index contributed by atoms with van der Waals surface area (Å²) >= 11 is 5.77. The van der Waals surface area contributed by atoms with Crippen molar-refractivity contribution in [3.05, 3.63) is 41.6 Å². The standard InChI is InChI=1S/C17H17ClN4O3/c1-9(16(23)22-15-6-3-11(18)8-19-15)20-12-4-5-14-13(7-12)21-17(24)10(2)25-14/h3-10,20H,1-2H3,(H,21,24)(H,19,22,23). The van der Waals surface area contributed by atoms with Gasteiger partial charge in [0.1, 0.15) is 17.6 Å². The number of rotatable bonds is 4. The van der Waals surface area contributed by atoms with Gasteiger partial charge in [-0.3, -0.25) is 9.59 Å². The van der Waals surface area contributed by atoms with Crippen molar-refractivity contribution >= 4 is 40.6 Å². The van der Waals surface area contributed by atoms with E-state index in [1.807, 2.05) is 0 Å². The van der Waals surface area contributed by atoms with Crippen molar-refractivity contribution in [2.24, 2.45) is 0 Å². The van der Waals surface area contributed by atoms with Crippen LogP contribution in [0.1, 0.15) is 13.8 Å². The number of nitrogens with zero attached hydrogens (tertiary/aromatic N) is 1. The molecule has 1 aromatic carbocycles. The lowest BCUT2D eigenvalue weighted by Crippen LogP contribution is -2.34. The van der Waals surface area contributed by atoms with E-state index in [-0.39, 0.29) is 11.8 Å². The quantitative estimate of drug-likeness (QED) is 0.779. The number of pyridine rings is 1. The van der Waals surface area contributed by atoms with Crippen LogP contribution in [0.2, 0.25) is 5.02 Å². The summed E-state index contributed by atoms with van der Waals surface area (Å²) in [5, 5.41) is 9.04. The maximum atomic E-state index is 12.2. The van der Waals surface area contributed by atoms with E-state index in [1.54, 1.807) is 44.2 Å². The molecule has 7 nitrogen and oxygen atoms in total. The van der Waals surface area contributed by atoms with Crippen LogP contribution in [0.3, 0.4) is 0 Å². The number of aromatic nitrogens is 1. The zero-order chi connectivity index (χ0) is 18.0. The average molecular weight is 361 g/mol. The van der Waals surface area contributed by atoms with Gasteiger partial charge in [-0.25, -0.2) is 4.98 Å². The molecule has 2 amide bonds. The molecule has 2 aromatic rings. The van der Waals surface area contributed by atoms with Gasteiger partial charge in [0.2, 0.25) is 5.91 Å². The fourth-order valence-electron chi connectivity index (χ4n) is 2.30. The first-order valence-electron chi connectivity index (χ1n) is 7.73. The molecule has 2 unspecified atom stereocenters. The summed E-state index contributed by atoms with van der Waals surface area (Å²) in [7, 11) is 0. The predicted molar refractivity (Wildman–Crippen MR) is 96.1 cm³/mol. The van der Waals surface area contributed by atoms with Crippen LogP contribution in [0.15, 0.2) is 36.5 Å². The van der Waals surface area contributed by atoms with E-state index in [0.29, 0.717) is 28.0 Å². The van der Waals surface area contributed by atoms with Gasteiger partial charge < -0.3 is 20.7 Å². The lowest BCUT2D eigenvalue weighted by Gasteiger charge is -2.24. The molecule has 1 aromatic heterocycles. The van der Waals surface area contributed by atoms with Crippen LogP contribution in [0.5, 0.6) is 5.75 Å². The number of hydrogen-bond donors (Lipinski definition) is 3. The molecule has 0 radical (unpaired) electrons. The Morgan fingerprint density at radius 1 is 1.36 bits per heavy atom. The number of amides is 2. The summed E-state index contributed by atoms with van der Waals surface area (Å²) in [6, 6.07) is 8.01. The van der Waals surface area contributed by atoms with Crippen molar-refractivity contribution in [3.63, 3.8) is 0 Å². The van der Waals surface area contributed by atoms with E-state index in [0.717, 1.165) is 0 Å².